The Morgan fingerprint density at radius 2 is 1.55 bits per heavy atom. The van der Waals surface area contributed by atoms with Gasteiger partial charge in [0.25, 0.3) is 5.91 Å². The molecule has 0 saturated carbocycles. The number of anilines is 1. The Hall–Kier alpha value is -2.14. The Balaban J connectivity index is 1.86. The summed E-state index contributed by atoms with van der Waals surface area (Å²) in [5, 5.41) is 2.95. The lowest BCUT2D eigenvalue weighted by Crippen LogP contribution is -2.11. The van der Waals surface area contributed by atoms with Crippen molar-refractivity contribution in [3.63, 3.8) is 0 Å². The molecule has 0 aromatic heterocycles. The molecule has 0 aliphatic heterocycles. The van der Waals surface area contributed by atoms with Crippen LogP contribution in [0.3, 0.4) is 0 Å². The van der Waals surface area contributed by atoms with Crippen molar-refractivity contribution in [2.75, 3.05) is 5.32 Å². The largest absolute Gasteiger partial charge is 0.322 e. The molecule has 0 unspecified atom stereocenters. The molecular formula is C19H14INO. The molecular weight excluding hydrogens is 385 g/mol. The van der Waals surface area contributed by atoms with Gasteiger partial charge >= 0.3 is 0 Å². The molecule has 0 aliphatic carbocycles. The molecule has 0 bridgehead atoms. The van der Waals surface area contributed by atoms with E-state index in [9.17, 15) is 4.79 Å². The van der Waals surface area contributed by atoms with E-state index in [-0.39, 0.29) is 5.91 Å². The summed E-state index contributed by atoms with van der Waals surface area (Å²) in [5.74, 6) is -0.0968. The van der Waals surface area contributed by atoms with Crippen LogP contribution in [0, 0.1) is 3.57 Å². The molecule has 0 saturated heterocycles. The molecule has 1 N–H and O–H groups in total. The maximum atomic E-state index is 12.2. The lowest BCUT2D eigenvalue weighted by atomic mass is 10.1. The molecule has 3 aromatic rings. The summed E-state index contributed by atoms with van der Waals surface area (Å²) < 4.78 is 1.19. The van der Waals surface area contributed by atoms with Gasteiger partial charge in [0, 0.05) is 14.8 Å². The Morgan fingerprint density at radius 1 is 0.818 bits per heavy atom. The average Bonchev–Trinajstić information content (AvgIpc) is 2.56. The van der Waals surface area contributed by atoms with E-state index in [1.165, 1.54) is 9.13 Å². The number of amides is 1. The van der Waals surface area contributed by atoms with Gasteiger partial charge in [0.1, 0.15) is 0 Å². The maximum absolute atomic E-state index is 12.2. The molecule has 0 radical (unpaired) electrons. The van der Waals surface area contributed by atoms with E-state index < -0.39 is 0 Å². The van der Waals surface area contributed by atoms with Crippen LogP contribution in [0.5, 0.6) is 0 Å². The predicted molar refractivity (Wildman–Crippen MR) is 99.0 cm³/mol. The first-order valence-electron chi connectivity index (χ1n) is 6.95. The molecule has 0 heterocycles. The topological polar surface area (TPSA) is 29.1 Å². The van der Waals surface area contributed by atoms with Gasteiger partial charge in [0.2, 0.25) is 0 Å². The minimum absolute atomic E-state index is 0.0968. The fourth-order valence-corrected chi connectivity index (χ4v) is 2.95. The fraction of sp³-hybridized carbons (Fsp3) is 0. The van der Waals surface area contributed by atoms with Crippen molar-refractivity contribution in [1.82, 2.24) is 0 Å². The predicted octanol–water partition coefficient (Wildman–Crippen LogP) is 5.21. The first kappa shape index (κ1) is 14.8. The van der Waals surface area contributed by atoms with Gasteiger partial charge in [-0.1, -0.05) is 48.5 Å². The summed E-state index contributed by atoms with van der Waals surface area (Å²) in [7, 11) is 0. The summed E-state index contributed by atoms with van der Waals surface area (Å²) in [6.07, 6.45) is 0. The van der Waals surface area contributed by atoms with Crippen molar-refractivity contribution >= 4 is 34.2 Å². The van der Waals surface area contributed by atoms with Crippen LogP contribution in [0.15, 0.2) is 78.9 Å². The Morgan fingerprint density at radius 3 is 2.32 bits per heavy atom. The molecule has 0 aliphatic rings. The molecule has 1 amide bonds. The Labute approximate surface area is 143 Å². The molecule has 3 rings (SSSR count). The van der Waals surface area contributed by atoms with E-state index in [1.54, 1.807) is 12.1 Å². The number of nitrogens with one attached hydrogen (secondary N) is 1. The number of halogens is 1. The quantitative estimate of drug-likeness (QED) is 0.602. The van der Waals surface area contributed by atoms with Gasteiger partial charge in [0.15, 0.2) is 0 Å². The standard InChI is InChI=1S/C19H14INO/c20-18-12-5-4-11-17(18)15-9-6-10-16(13-15)21-19(22)14-7-2-1-3-8-14/h1-13H,(H,21,22). The van der Waals surface area contributed by atoms with E-state index in [4.69, 9.17) is 0 Å². The highest BCUT2D eigenvalue weighted by atomic mass is 127. The van der Waals surface area contributed by atoms with E-state index in [2.05, 4.69) is 46.1 Å². The molecule has 3 heteroatoms. The first-order valence-corrected chi connectivity index (χ1v) is 8.03. The van der Waals surface area contributed by atoms with Crippen LogP contribution in [-0.2, 0) is 0 Å². The number of carbonyl (C=O) groups excluding carboxylic acids is 1. The van der Waals surface area contributed by atoms with Crippen LogP contribution in [-0.4, -0.2) is 5.91 Å². The lowest BCUT2D eigenvalue weighted by Gasteiger charge is -2.09. The summed E-state index contributed by atoms with van der Waals surface area (Å²) in [5.41, 5.74) is 3.71. The third-order valence-electron chi connectivity index (χ3n) is 3.34. The van der Waals surface area contributed by atoms with Gasteiger partial charge in [-0.3, -0.25) is 4.79 Å². The molecule has 0 fully saturated rings. The fourth-order valence-electron chi connectivity index (χ4n) is 2.25. The minimum atomic E-state index is -0.0968. The van der Waals surface area contributed by atoms with E-state index >= 15 is 0 Å². The molecule has 22 heavy (non-hydrogen) atoms. The number of benzene rings is 3. The zero-order valence-corrected chi connectivity index (χ0v) is 13.9. The summed E-state index contributed by atoms with van der Waals surface area (Å²) in [6.45, 7) is 0. The van der Waals surface area contributed by atoms with Gasteiger partial charge < -0.3 is 5.32 Å². The highest BCUT2D eigenvalue weighted by molar-refractivity contribution is 14.1. The summed E-state index contributed by atoms with van der Waals surface area (Å²) >= 11 is 2.32. The minimum Gasteiger partial charge on any atom is -0.322 e. The van der Waals surface area contributed by atoms with Gasteiger partial charge in [-0.2, -0.15) is 0 Å². The van der Waals surface area contributed by atoms with Crippen LogP contribution >= 0.6 is 22.6 Å². The normalized spacial score (nSPS) is 10.2. The Bertz CT molecular complexity index is 799. The third kappa shape index (κ3) is 3.36. The van der Waals surface area contributed by atoms with Crippen LogP contribution < -0.4 is 5.32 Å². The number of rotatable bonds is 3. The molecule has 108 valence electrons. The van der Waals surface area contributed by atoms with Crippen molar-refractivity contribution in [2.24, 2.45) is 0 Å². The van der Waals surface area contributed by atoms with E-state index in [0.29, 0.717) is 5.56 Å². The Kier molecular flexibility index (Phi) is 4.53. The van der Waals surface area contributed by atoms with E-state index in [0.717, 1.165) is 11.3 Å². The van der Waals surface area contributed by atoms with E-state index in [1.807, 2.05) is 48.5 Å². The SMILES string of the molecule is O=C(Nc1cccc(-c2ccccc2I)c1)c1ccccc1. The average molecular weight is 399 g/mol. The monoisotopic (exact) mass is 399 g/mol. The second-order valence-electron chi connectivity index (χ2n) is 4.88. The van der Waals surface area contributed by atoms with Gasteiger partial charge in [-0.15, -0.1) is 0 Å². The summed E-state index contributed by atoms with van der Waals surface area (Å²) in [4.78, 5) is 12.2. The van der Waals surface area contributed by atoms with Crippen molar-refractivity contribution in [3.05, 3.63) is 88.0 Å². The molecule has 0 spiro atoms. The third-order valence-corrected chi connectivity index (χ3v) is 4.28. The zero-order chi connectivity index (χ0) is 15.4. The van der Waals surface area contributed by atoms with Crippen molar-refractivity contribution in [1.29, 1.82) is 0 Å². The number of carbonyl (C=O) groups is 1. The first-order chi connectivity index (χ1) is 10.7. The van der Waals surface area contributed by atoms with Gasteiger partial charge in [0.05, 0.1) is 0 Å². The molecule has 2 nitrogen and oxygen atoms in total. The highest BCUT2D eigenvalue weighted by Crippen LogP contribution is 2.27. The number of hydrogen-bond acceptors (Lipinski definition) is 1. The van der Waals surface area contributed by atoms with Crippen LogP contribution in [0.4, 0.5) is 5.69 Å². The smallest absolute Gasteiger partial charge is 0.255 e. The van der Waals surface area contributed by atoms with Crippen LogP contribution in [0.1, 0.15) is 10.4 Å². The second-order valence-corrected chi connectivity index (χ2v) is 6.04. The molecule has 3 aromatic carbocycles. The van der Waals surface area contributed by atoms with Crippen molar-refractivity contribution in [3.8, 4) is 11.1 Å². The zero-order valence-electron chi connectivity index (χ0n) is 11.8. The number of hydrogen-bond donors (Lipinski definition) is 1. The highest BCUT2D eigenvalue weighted by Gasteiger charge is 2.07. The lowest BCUT2D eigenvalue weighted by molar-refractivity contribution is 0.102. The van der Waals surface area contributed by atoms with Crippen LogP contribution in [0.25, 0.3) is 11.1 Å². The van der Waals surface area contributed by atoms with Crippen LogP contribution in [0.2, 0.25) is 0 Å². The second kappa shape index (κ2) is 6.75. The van der Waals surface area contributed by atoms with Crippen molar-refractivity contribution < 1.29 is 4.79 Å². The maximum Gasteiger partial charge on any atom is 0.255 e. The van der Waals surface area contributed by atoms with Gasteiger partial charge in [-0.25, -0.2) is 0 Å². The summed E-state index contributed by atoms with van der Waals surface area (Å²) in [6, 6.07) is 25.3. The molecule has 0 atom stereocenters. The van der Waals surface area contributed by atoms with Gasteiger partial charge in [-0.05, 0) is 64.0 Å². The van der Waals surface area contributed by atoms with Crippen molar-refractivity contribution in [2.45, 2.75) is 0 Å².